The van der Waals surface area contributed by atoms with Crippen molar-refractivity contribution in [2.24, 2.45) is 40.2 Å². The van der Waals surface area contributed by atoms with Gasteiger partial charge in [0.1, 0.15) is 6.61 Å². The SMILES string of the molecule is C[C@]12CC[C@@H](N)C[C@H]1CC[C@@H]1[C@@H]2C[C@@H](O)[C@]2(C)[C@@H](C3=CC(=O)OC3)CC[C@]12O. The highest BCUT2D eigenvalue weighted by atomic mass is 16.5. The lowest BCUT2D eigenvalue weighted by Crippen LogP contribution is -2.67. The Morgan fingerprint density at radius 3 is 2.61 bits per heavy atom. The second kappa shape index (κ2) is 6.05. The van der Waals surface area contributed by atoms with Crippen molar-refractivity contribution in [1.82, 2.24) is 0 Å². The topological polar surface area (TPSA) is 92.8 Å². The van der Waals surface area contributed by atoms with Gasteiger partial charge in [0.2, 0.25) is 0 Å². The van der Waals surface area contributed by atoms with Gasteiger partial charge in [-0.1, -0.05) is 13.8 Å². The fourth-order valence-corrected chi connectivity index (χ4v) is 8.42. The van der Waals surface area contributed by atoms with E-state index >= 15 is 0 Å². The molecule has 0 aromatic rings. The molecule has 28 heavy (non-hydrogen) atoms. The predicted octanol–water partition coefficient (Wildman–Crippen LogP) is 2.54. The summed E-state index contributed by atoms with van der Waals surface area (Å²) in [6.45, 7) is 4.78. The van der Waals surface area contributed by atoms with Crippen molar-refractivity contribution < 1.29 is 19.7 Å². The van der Waals surface area contributed by atoms with Crippen LogP contribution in [0.4, 0.5) is 0 Å². The van der Waals surface area contributed by atoms with Gasteiger partial charge in [-0.05, 0) is 86.0 Å². The number of nitrogens with two attached hydrogens (primary N) is 1. The number of esters is 1. The quantitative estimate of drug-likeness (QED) is 0.599. The monoisotopic (exact) mass is 389 g/mol. The molecule has 0 saturated heterocycles. The molecule has 1 aliphatic heterocycles. The second-order valence-electron chi connectivity index (χ2n) is 10.9. The number of carbonyl (C=O) groups excluding carboxylic acids is 1. The molecule has 0 unspecified atom stereocenters. The highest BCUT2D eigenvalue weighted by Crippen LogP contribution is 2.69. The van der Waals surface area contributed by atoms with E-state index in [2.05, 4.69) is 13.8 Å². The highest BCUT2D eigenvalue weighted by molar-refractivity contribution is 5.85. The lowest BCUT2D eigenvalue weighted by Gasteiger charge is -2.65. The first-order valence-electron chi connectivity index (χ1n) is 11.2. The van der Waals surface area contributed by atoms with Crippen LogP contribution in [-0.2, 0) is 9.53 Å². The Hall–Kier alpha value is -0.910. The van der Waals surface area contributed by atoms with Crippen molar-refractivity contribution in [1.29, 1.82) is 0 Å². The molecule has 5 nitrogen and oxygen atoms in total. The van der Waals surface area contributed by atoms with Gasteiger partial charge in [-0.3, -0.25) is 0 Å². The molecule has 0 bridgehead atoms. The fourth-order valence-electron chi connectivity index (χ4n) is 8.42. The van der Waals surface area contributed by atoms with E-state index in [0.29, 0.717) is 30.9 Å². The summed E-state index contributed by atoms with van der Waals surface area (Å²) in [5.74, 6) is 0.911. The zero-order valence-corrected chi connectivity index (χ0v) is 17.2. The standard InChI is InChI=1S/C23H35NO4/c1-21-7-5-15(24)10-14(21)3-4-17-18(21)11-19(25)22(2)16(6-8-23(17,22)27)13-9-20(26)28-12-13/h9,14-19,25,27H,3-8,10-12,24H2,1-2H3/t14-,15-,16-,17-,18+,19-,21+,22+,23+/m1/s1. The Bertz CT molecular complexity index is 721. The van der Waals surface area contributed by atoms with E-state index in [-0.39, 0.29) is 23.2 Å². The smallest absolute Gasteiger partial charge is 0.331 e. The van der Waals surface area contributed by atoms with E-state index in [1.807, 2.05) is 0 Å². The van der Waals surface area contributed by atoms with Crippen LogP contribution in [0, 0.1) is 34.5 Å². The highest BCUT2D eigenvalue weighted by Gasteiger charge is 2.70. The molecule has 4 N–H and O–H groups in total. The maximum atomic E-state index is 12.2. The molecule has 0 radical (unpaired) electrons. The molecule has 0 amide bonds. The van der Waals surface area contributed by atoms with Crippen molar-refractivity contribution in [3.05, 3.63) is 11.6 Å². The molecule has 1 heterocycles. The molecule has 156 valence electrons. The van der Waals surface area contributed by atoms with Crippen LogP contribution >= 0.6 is 0 Å². The molecule has 0 aromatic carbocycles. The van der Waals surface area contributed by atoms with Gasteiger partial charge < -0.3 is 20.7 Å². The maximum Gasteiger partial charge on any atom is 0.331 e. The summed E-state index contributed by atoms with van der Waals surface area (Å²) >= 11 is 0. The molecule has 5 aliphatic rings. The number of carbonyl (C=O) groups is 1. The van der Waals surface area contributed by atoms with Gasteiger partial charge in [0.25, 0.3) is 0 Å². The minimum absolute atomic E-state index is 0.0187. The van der Waals surface area contributed by atoms with Crippen LogP contribution in [0.1, 0.15) is 65.2 Å². The van der Waals surface area contributed by atoms with Crippen molar-refractivity contribution in [3.8, 4) is 0 Å². The number of rotatable bonds is 1. The number of cyclic esters (lactones) is 1. The number of fused-ring (bicyclic) bond motifs is 5. The maximum absolute atomic E-state index is 12.2. The molecule has 0 spiro atoms. The zero-order chi connectivity index (χ0) is 19.9. The lowest BCUT2D eigenvalue weighted by molar-refractivity contribution is -0.242. The summed E-state index contributed by atoms with van der Waals surface area (Å²) in [6.07, 6.45) is 8.72. The van der Waals surface area contributed by atoms with Crippen molar-refractivity contribution >= 4 is 5.97 Å². The molecule has 4 fully saturated rings. The van der Waals surface area contributed by atoms with Crippen molar-refractivity contribution in [2.75, 3.05) is 6.61 Å². The van der Waals surface area contributed by atoms with E-state index in [1.54, 1.807) is 6.08 Å². The lowest BCUT2D eigenvalue weighted by atomic mass is 9.42. The number of aliphatic hydroxyl groups excluding tert-OH is 1. The van der Waals surface area contributed by atoms with Crippen LogP contribution < -0.4 is 5.73 Å². The van der Waals surface area contributed by atoms with E-state index in [1.165, 1.54) is 0 Å². The summed E-state index contributed by atoms with van der Waals surface area (Å²) in [4.78, 5) is 11.7. The van der Waals surface area contributed by atoms with E-state index in [0.717, 1.165) is 50.5 Å². The minimum Gasteiger partial charge on any atom is -0.458 e. The van der Waals surface area contributed by atoms with Gasteiger partial charge in [0.15, 0.2) is 0 Å². The Morgan fingerprint density at radius 2 is 1.89 bits per heavy atom. The van der Waals surface area contributed by atoms with Gasteiger partial charge in [-0.2, -0.15) is 0 Å². The van der Waals surface area contributed by atoms with E-state index in [4.69, 9.17) is 10.5 Å². The third-order valence-corrected chi connectivity index (χ3v) is 10.1. The Labute approximate surface area is 167 Å². The fraction of sp³-hybridized carbons (Fsp3) is 0.870. The van der Waals surface area contributed by atoms with Crippen LogP contribution in [-0.4, -0.2) is 40.5 Å². The first-order chi connectivity index (χ1) is 13.2. The number of hydrogen-bond acceptors (Lipinski definition) is 5. The zero-order valence-electron chi connectivity index (χ0n) is 17.2. The van der Waals surface area contributed by atoms with Gasteiger partial charge in [-0.15, -0.1) is 0 Å². The first kappa shape index (κ1) is 19.1. The molecule has 4 saturated carbocycles. The minimum atomic E-state index is -0.875. The average molecular weight is 390 g/mol. The number of aliphatic hydroxyl groups is 2. The third kappa shape index (κ3) is 2.27. The van der Waals surface area contributed by atoms with Gasteiger partial charge >= 0.3 is 5.97 Å². The Morgan fingerprint density at radius 1 is 1.11 bits per heavy atom. The van der Waals surface area contributed by atoms with Crippen LogP contribution in [0.2, 0.25) is 0 Å². The van der Waals surface area contributed by atoms with Crippen LogP contribution in [0.25, 0.3) is 0 Å². The largest absolute Gasteiger partial charge is 0.458 e. The molecule has 0 aromatic heterocycles. The second-order valence-corrected chi connectivity index (χ2v) is 10.9. The predicted molar refractivity (Wildman–Crippen MR) is 105 cm³/mol. The Balaban J connectivity index is 1.51. The van der Waals surface area contributed by atoms with Crippen molar-refractivity contribution in [2.45, 2.75) is 83.0 Å². The first-order valence-corrected chi connectivity index (χ1v) is 11.2. The van der Waals surface area contributed by atoms with E-state index in [9.17, 15) is 15.0 Å². The average Bonchev–Trinajstić information content (AvgIpc) is 3.19. The molecule has 9 atom stereocenters. The summed E-state index contributed by atoms with van der Waals surface area (Å²) in [6, 6.07) is 0.305. The molecule has 5 heteroatoms. The summed E-state index contributed by atoms with van der Waals surface area (Å²) in [7, 11) is 0. The van der Waals surface area contributed by atoms with Crippen LogP contribution in [0.15, 0.2) is 11.6 Å². The number of ether oxygens (including phenoxy) is 1. The van der Waals surface area contributed by atoms with Gasteiger partial charge in [-0.25, -0.2) is 4.79 Å². The molecular formula is C23H35NO4. The summed E-state index contributed by atoms with van der Waals surface area (Å²) in [5.41, 5.74) is 5.93. The molecule has 5 rings (SSSR count). The van der Waals surface area contributed by atoms with E-state index < -0.39 is 17.1 Å². The van der Waals surface area contributed by atoms with Crippen LogP contribution in [0.5, 0.6) is 0 Å². The summed E-state index contributed by atoms with van der Waals surface area (Å²) in [5, 5.41) is 23.6. The molecular weight excluding hydrogens is 354 g/mol. The Kier molecular flexibility index (Phi) is 4.12. The summed E-state index contributed by atoms with van der Waals surface area (Å²) < 4.78 is 5.17. The molecule has 4 aliphatic carbocycles. The normalized spacial score (nSPS) is 55.8. The van der Waals surface area contributed by atoms with Crippen molar-refractivity contribution in [3.63, 3.8) is 0 Å². The van der Waals surface area contributed by atoms with Crippen LogP contribution in [0.3, 0.4) is 0 Å². The van der Waals surface area contributed by atoms with Gasteiger partial charge in [0, 0.05) is 17.5 Å². The number of hydrogen-bond donors (Lipinski definition) is 3. The van der Waals surface area contributed by atoms with Gasteiger partial charge in [0.05, 0.1) is 11.7 Å². The third-order valence-electron chi connectivity index (χ3n) is 10.1.